The van der Waals surface area contributed by atoms with Gasteiger partial charge in [-0.1, -0.05) is 41.9 Å². The molecule has 3 aromatic rings. The van der Waals surface area contributed by atoms with E-state index in [-0.39, 0.29) is 29.7 Å². The van der Waals surface area contributed by atoms with Crippen molar-refractivity contribution in [2.45, 2.75) is 13.0 Å². The van der Waals surface area contributed by atoms with Crippen LogP contribution in [0.2, 0.25) is 5.02 Å². The fourth-order valence-electron chi connectivity index (χ4n) is 3.67. The number of Topliss-reactive ketones (excluding diaryl/α,β-unsaturated/α-hetero) is 1. The predicted octanol–water partition coefficient (Wildman–Crippen LogP) is 3.52. The first-order valence-corrected chi connectivity index (χ1v) is 11.2. The Morgan fingerprint density at radius 1 is 0.970 bits per heavy atom. The third kappa shape index (κ3) is 5.74. The topological polar surface area (TPSA) is 75.6 Å². The van der Waals surface area contributed by atoms with E-state index in [0.717, 1.165) is 24.2 Å². The van der Waals surface area contributed by atoms with Gasteiger partial charge in [-0.15, -0.1) is 0 Å². The fourth-order valence-corrected chi connectivity index (χ4v) is 3.92. The number of piperazine rings is 1. The van der Waals surface area contributed by atoms with E-state index in [1.54, 1.807) is 35.5 Å². The van der Waals surface area contributed by atoms with Gasteiger partial charge in [0.25, 0.3) is 5.91 Å². The van der Waals surface area contributed by atoms with Gasteiger partial charge in [-0.25, -0.2) is 0 Å². The molecule has 1 aliphatic heterocycles. The molecule has 2 heterocycles. The molecule has 1 saturated heterocycles. The van der Waals surface area contributed by atoms with Gasteiger partial charge in [0.2, 0.25) is 0 Å². The smallest absolute Gasteiger partial charge is 0.255 e. The van der Waals surface area contributed by atoms with Crippen LogP contribution in [0.25, 0.3) is 0 Å². The van der Waals surface area contributed by atoms with Crippen LogP contribution in [0.3, 0.4) is 0 Å². The maximum atomic E-state index is 13.2. The van der Waals surface area contributed by atoms with Crippen LogP contribution >= 0.6 is 11.6 Å². The van der Waals surface area contributed by atoms with E-state index in [1.807, 2.05) is 37.4 Å². The number of carbonyl (C=O) groups excluding carboxylic acids is 2. The maximum Gasteiger partial charge on any atom is 0.255 e. The summed E-state index contributed by atoms with van der Waals surface area (Å²) in [5, 5.41) is 7.81. The van der Waals surface area contributed by atoms with E-state index in [0.29, 0.717) is 30.0 Å². The summed E-state index contributed by atoms with van der Waals surface area (Å²) in [5.41, 5.74) is 2.36. The number of hydrogen-bond acceptors (Lipinski definition) is 6. The number of carbonyl (C=O) groups is 2. The van der Waals surface area contributed by atoms with Crippen molar-refractivity contribution in [1.29, 1.82) is 0 Å². The maximum absolute atomic E-state index is 13.2. The monoisotopic (exact) mass is 464 g/mol. The second-order valence-corrected chi connectivity index (χ2v) is 8.46. The molecule has 4 rings (SSSR count). The van der Waals surface area contributed by atoms with E-state index in [1.165, 1.54) is 0 Å². The number of halogens is 1. The Morgan fingerprint density at radius 2 is 1.73 bits per heavy atom. The van der Waals surface area contributed by atoms with Crippen LogP contribution in [0.15, 0.2) is 60.9 Å². The molecule has 2 aromatic carbocycles. The second-order valence-electron chi connectivity index (χ2n) is 8.05. The van der Waals surface area contributed by atoms with Crippen molar-refractivity contribution in [2.24, 2.45) is 0 Å². The molecule has 0 bridgehead atoms. The summed E-state index contributed by atoms with van der Waals surface area (Å²) in [4.78, 5) is 30.3. The van der Waals surface area contributed by atoms with Crippen molar-refractivity contribution in [3.63, 3.8) is 0 Å². The zero-order valence-electron chi connectivity index (χ0n) is 18.4. The normalized spacial score (nSPS) is 14.2. The molecule has 0 spiro atoms. The Balaban J connectivity index is 1.63. The van der Waals surface area contributed by atoms with E-state index in [9.17, 15) is 9.59 Å². The largest absolute Gasteiger partial charge is 0.488 e. The molecule has 1 fully saturated rings. The van der Waals surface area contributed by atoms with Gasteiger partial charge < -0.3 is 14.5 Å². The van der Waals surface area contributed by atoms with E-state index in [4.69, 9.17) is 16.3 Å². The molecule has 0 N–H and O–H groups in total. The van der Waals surface area contributed by atoms with Crippen LogP contribution in [0.5, 0.6) is 5.75 Å². The quantitative estimate of drug-likeness (QED) is 0.498. The Kier molecular flexibility index (Phi) is 7.32. The zero-order valence-corrected chi connectivity index (χ0v) is 19.2. The lowest BCUT2D eigenvalue weighted by atomic mass is 10.0. The molecule has 0 aliphatic carbocycles. The van der Waals surface area contributed by atoms with Crippen molar-refractivity contribution in [1.82, 2.24) is 20.0 Å². The zero-order chi connectivity index (χ0) is 23.2. The molecule has 1 aliphatic rings. The first-order valence-electron chi connectivity index (χ1n) is 10.8. The van der Waals surface area contributed by atoms with Gasteiger partial charge in [0.1, 0.15) is 12.4 Å². The van der Waals surface area contributed by atoms with Crippen LogP contribution in [0.1, 0.15) is 31.8 Å². The molecule has 1 aromatic heterocycles. The molecule has 33 heavy (non-hydrogen) atoms. The van der Waals surface area contributed by atoms with Crippen molar-refractivity contribution in [3.05, 3.63) is 88.2 Å². The molecular formula is C25H25ClN4O3. The van der Waals surface area contributed by atoms with Crippen LogP contribution in [-0.2, 0) is 13.0 Å². The molecule has 1 amide bonds. The lowest BCUT2D eigenvalue weighted by Gasteiger charge is -2.32. The summed E-state index contributed by atoms with van der Waals surface area (Å²) in [5.74, 6) is 0.00861. The number of rotatable bonds is 7. The highest BCUT2D eigenvalue weighted by atomic mass is 35.5. The standard InChI is InChI=1S/C25H25ClN4O3/c1-29-9-11-30(12-10-29)25(32)20-15-24(33-17-18-5-3-2-4-6-18)21(14-22(20)26)23(31)13-19-7-8-27-28-16-19/h2-8,14-16H,9-13,17H2,1H3. The molecule has 0 unspecified atom stereocenters. The number of likely N-dealkylation sites (N-methyl/N-ethyl adjacent to an activating group) is 1. The number of ether oxygens (including phenoxy) is 1. The van der Waals surface area contributed by atoms with Crippen LogP contribution in [0.4, 0.5) is 0 Å². The number of nitrogens with zero attached hydrogens (tertiary/aromatic N) is 4. The average molecular weight is 465 g/mol. The fraction of sp³-hybridized carbons (Fsp3) is 0.280. The minimum absolute atomic E-state index is 0.124. The van der Waals surface area contributed by atoms with E-state index >= 15 is 0 Å². The molecule has 0 radical (unpaired) electrons. The minimum atomic E-state index is -0.174. The van der Waals surface area contributed by atoms with Gasteiger partial charge >= 0.3 is 0 Å². The third-order valence-electron chi connectivity index (χ3n) is 5.64. The van der Waals surface area contributed by atoms with Crippen molar-refractivity contribution < 1.29 is 14.3 Å². The first-order chi connectivity index (χ1) is 16.0. The van der Waals surface area contributed by atoms with Gasteiger partial charge in [0.05, 0.1) is 22.3 Å². The number of hydrogen-bond donors (Lipinski definition) is 0. The summed E-state index contributed by atoms with van der Waals surface area (Å²) >= 11 is 6.52. The summed E-state index contributed by atoms with van der Waals surface area (Å²) in [6.45, 7) is 3.12. The highest BCUT2D eigenvalue weighted by molar-refractivity contribution is 6.34. The van der Waals surface area contributed by atoms with Crippen molar-refractivity contribution >= 4 is 23.3 Å². The molecule has 0 saturated carbocycles. The predicted molar refractivity (Wildman–Crippen MR) is 126 cm³/mol. The highest BCUT2D eigenvalue weighted by Gasteiger charge is 2.25. The van der Waals surface area contributed by atoms with Gasteiger partial charge in [-0.2, -0.15) is 10.2 Å². The Hall–Kier alpha value is -3.29. The van der Waals surface area contributed by atoms with E-state index < -0.39 is 0 Å². The molecular weight excluding hydrogens is 440 g/mol. The summed E-state index contributed by atoms with van der Waals surface area (Å²) in [7, 11) is 2.03. The van der Waals surface area contributed by atoms with Gasteiger partial charge in [0.15, 0.2) is 5.78 Å². The lowest BCUT2D eigenvalue weighted by molar-refractivity contribution is 0.0663. The number of amides is 1. The van der Waals surface area contributed by atoms with Crippen LogP contribution in [0, 0.1) is 0 Å². The van der Waals surface area contributed by atoms with Crippen LogP contribution in [-0.4, -0.2) is 64.9 Å². The second kappa shape index (κ2) is 10.6. The lowest BCUT2D eigenvalue weighted by Crippen LogP contribution is -2.47. The van der Waals surface area contributed by atoms with E-state index in [2.05, 4.69) is 15.1 Å². The summed E-state index contributed by atoms with van der Waals surface area (Å²) in [6, 6.07) is 14.5. The number of aromatic nitrogens is 2. The van der Waals surface area contributed by atoms with Gasteiger partial charge in [-0.3, -0.25) is 9.59 Å². The van der Waals surface area contributed by atoms with Crippen molar-refractivity contribution in [3.8, 4) is 5.75 Å². The SMILES string of the molecule is CN1CCN(C(=O)c2cc(OCc3ccccc3)c(C(=O)Cc3ccnnc3)cc2Cl)CC1. The highest BCUT2D eigenvalue weighted by Crippen LogP contribution is 2.30. The Labute approximate surface area is 197 Å². The Morgan fingerprint density at radius 3 is 2.42 bits per heavy atom. The molecule has 7 nitrogen and oxygen atoms in total. The summed E-state index contributed by atoms with van der Waals surface area (Å²) < 4.78 is 6.05. The third-order valence-corrected chi connectivity index (χ3v) is 5.95. The van der Waals surface area contributed by atoms with Crippen molar-refractivity contribution in [2.75, 3.05) is 33.2 Å². The number of ketones is 1. The Bertz CT molecular complexity index is 1120. The molecule has 0 atom stereocenters. The average Bonchev–Trinajstić information content (AvgIpc) is 2.84. The summed E-state index contributed by atoms with van der Waals surface area (Å²) in [6.07, 6.45) is 3.22. The first kappa shape index (κ1) is 22.9. The van der Waals surface area contributed by atoms with Crippen LogP contribution < -0.4 is 4.74 Å². The molecule has 8 heteroatoms. The number of benzene rings is 2. The minimum Gasteiger partial charge on any atom is -0.488 e. The molecule has 170 valence electrons. The van der Waals surface area contributed by atoms with Gasteiger partial charge in [-0.05, 0) is 36.4 Å². The van der Waals surface area contributed by atoms with Gasteiger partial charge in [0, 0.05) is 38.8 Å².